The van der Waals surface area contributed by atoms with Crippen LogP contribution in [0.1, 0.15) is 0 Å². The Bertz CT molecular complexity index is 290. The van der Waals surface area contributed by atoms with Crippen LogP contribution in [-0.4, -0.2) is 20.2 Å². The summed E-state index contributed by atoms with van der Waals surface area (Å²) in [6.07, 6.45) is 4.85. The molecule has 0 aliphatic rings. The highest BCUT2D eigenvalue weighted by atomic mass is 35.5. The fraction of sp³-hybridized carbons (Fsp3) is 0. The smallest absolute Gasteiger partial charge is 0.116 e. The van der Waals surface area contributed by atoms with Gasteiger partial charge in [0.1, 0.15) is 17.4 Å². The SMILES string of the molecule is Cl.Cl.c1ncc2[nH]ncc2n1. The third-order valence-electron chi connectivity index (χ3n) is 1.11. The van der Waals surface area contributed by atoms with Gasteiger partial charge in [-0.3, -0.25) is 5.10 Å². The van der Waals surface area contributed by atoms with Gasteiger partial charge >= 0.3 is 0 Å². The number of hydrogen-bond donors (Lipinski definition) is 1. The average molecular weight is 193 g/mol. The molecule has 0 aliphatic heterocycles. The van der Waals surface area contributed by atoms with Crippen LogP contribution in [-0.2, 0) is 0 Å². The van der Waals surface area contributed by atoms with E-state index in [0.29, 0.717) is 0 Å². The van der Waals surface area contributed by atoms with Crippen LogP contribution in [0, 0.1) is 0 Å². The second-order valence-corrected chi connectivity index (χ2v) is 1.69. The average Bonchev–Trinajstić information content (AvgIpc) is 2.33. The summed E-state index contributed by atoms with van der Waals surface area (Å²) in [5.41, 5.74) is 1.72. The summed E-state index contributed by atoms with van der Waals surface area (Å²) < 4.78 is 0. The lowest BCUT2D eigenvalue weighted by atomic mass is 10.5. The molecule has 0 unspecified atom stereocenters. The summed E-state index contributed by atoms with van der Waals surface area (Å²) >= 11 is 0. The van der Waals surface area contributed by atoms with Crippen LogP contribution >= 0.6 is 24.8 Å². The first-order chi connectivity index (χ1) is 4.47. The number of aromatic amines is 1. The van der Waals surface area contributed by atoms with E-state index in [1.165, 1.54) is 6.33 Å². The first-order valence-corrected chi connectivity index (χ1v) is 2.56. The minimum atomic E-state index is 0. The molecular weight excluding hydrogens is 187 g/mol. The number of nitrogens with zero attached hydrogens (tertiary/aromatic N) is 3. The fourth-order valence-corrected chi connectivity index (χ4v) is 0.691. The summed E-state index contributed by atoms with van der Waals surface area (Å²) in [5.74, 6) is 0. The molecule has 0 spiro atoms. The molecule has 0 saturated carbocycles. The van der Waals surface area contributed by atoms with Gasteiger partial charge in [0.2, 0.25) is 0 Å². The molecule has 2 heterocycles. The number of fused-ring (bicyclic) bond motifs is 1. The van der Waals surface area contributed by atoms with Crippen molar-refractivity contribution in [2.24, 2.45) is 0 Å². The maximum absolute atomic E-state index is 3.94. The van der Waals surface area contributed by atoms with E-state index < -0.39 is 0 Å². The molecule has 0 bridgehead atoms. The van der Waals surface area contributed by atoms with Gasteiger partial charge in [-0.15, -0.1) is 24.8 Å². The molecular formula is C5H6Cl2N4. The van der Waals surface area contributed by atoms with Crippen molar-refractivity contribution in [2.45, 2.75) is 0 Å². The topological polar surface area (TPSA) is 54.5 Å². The number of aromatic nitrogens is 4. The Labute approximate surface area is 75.3 Å². The maximum atomic E-state index is 3.94. The molecule has 0 aliphatic carbocycles. The van der Waals surface area contributed by atoms with Crippen molar-refractivity contribution in [3.8, 4) is 0 Å². The first-order valence-electron chi connectivity index (χ1n) is 2.56. The number of halogens is 2. The Morgan fingerprint density at radius 1 is 1.18 bits per heavy atom. The van der Waals surface area contributed by atoms with Gasteiger partial charge in [0.05, 0.1) is 12.4 Å². The molecule has 2 aromatic heterocycles. The molecule has 0 fully saturated rings. The molecule has 0 aromatic carbocycles. The monoisotopic (exact) mass is 192 g/mol. The number of nitrogens with one attached hydrogen (secondary N) is 1. The zero-order valence-corrected chi connectivity index (χ0v) is 7.02. The van der Waals surface area contributed by atoms with Crippen molar-refractivity contribution < 1.29 is 0 Å². The Morgan fingerprint density at radius 3 is 2.73 bits per heavy atom. The van der Waals surface area contributed by atoms with E-state index in [1.54, 1.807) is 12.4 Å². The maximum Gasteiger partial charge on any atom is 0.116 e. The van der Waals surface area contributed by atoms with Crippen molar-refractivity contribution >= 4 is 35.8 Å². The molecule has 6 heteroatoms. The Morgan fingerprint density at radius 2 is 2.00 bits per heavy atom. The van der Waals surface area contributed by atoms with Crippen molar-refractivity contribution in [2.75, 3.05) is 0 Å². The third-order valence-corrected chi connectivity index (χ3v) is 1.11. The Balaban J connectivity index is 0.000000500. The summed E-state index contributed by atoms with van der Waals surface area (Å²) in [6, 6.07) is 0. The molecule has 60 valence electrons. The van der Waals surface area contributed by atoms with Gasteiger partial charge in [0.25, 0.3) is 0 Å². The van der Waals surface area contributed by atoms with Crippen molar-refractivity contribution in [3.63, 3.8) is 0 Å². The molecule has 0 radical (unpaired) electrons. The predicted octanol–water partition coefficient (Wildman–Crippen LogP) is 1.20. The van der Waals surface area contributed by atoms with Gasteiger partial charge in [0, 0.05) is 0 Å². The second kappa shape index (κ2) is 4.10. The van der Waals surface area contributed by atoms with Crippen molar-refractivity contribution in [1.29, 1.82) is 0 Å². The lowest BCUT2D eigenvalue weighted by molar-refractivity contribution is 1.11. The zero-order valence-electron chi connectivity index (χ0n) is 5.39. The molecule has 2 rings (SSSR count). The van der Waals surface area contributed by atoms with E-state index in [-0.39, 0.29) is 24.8 Å². The van der Waals surface area contributed by atoms with E-state index in [9.17, 15) is 0 Å². The van der Waals surface area contributed by atoms with E-state index in [0.717, 1.165) is 11.0 Å². The van der Waals surface area contributed by atoms with E-state index in [2.05, 4.69) is 20.2 Å². The normalized spacial score (nSPS) is 8.36. The van der Waals surface area contributed by atoms with Crippen LogP contribution in [0.4, 0.5) is 0 Å². The number of hydrogen-bond acceptors (Lipinski definition) is 3. The second-order valence-electron chi connectivity index (χ2n) is 1.69. The highest BCUT2D eigenvalue weighted by Gasteiger charge is 1.90. The standard InChI is InChI=1S/C5H4N4.2ClH/c1-5-4(2-8-9-5)7-3-6-1;;/h1-3H,(H,8,9);2*1H. The minimum absolute atomic E-state index is 0. The highest BCUT2D eigenvalue weighted by molar-refractivity contribution is 5.85. The van der Waals surface area contributed by atoms with Gasteiger partial charge < -0.3 is 0 Å². The van der Waals surface area contributed by atoms with Crippen LogP contribution in [0.5, 0.6) is 0 Å². The lowest BCUT2D eigenvalue weighted by Crippen LogP contribution is -1.74. The summed E-state index contributed by atoms with van der Waals surface area (Å²) in [7, 11) is 0. The fourth-order valence-electron chi connectivity index (χ4n) is 0.691. The molecule has 11 heavy (non-hydrogen) atoms. The van der Waals surface area contributed by atoms with Crippen LogP contribution < -0.4 is 0 Å². The van der Waals surface area contributed by atoms with E-state index in [4.69, 9.17) is 0 Å². The van der Waals surface area contributed by atoms with Crippen LogP contribution in [0.15, 0.2) is 18.7 Å². The Hall–Kier alpha value is -0.870. The van der Waals surface area contributed by atoms with Gasteiger partial charge in [-0.2, -0.15) is 5.10 Å². The molecule has 0 atom stereocenters. The first kappa shape index (κ1) is 10.1. The van der Waals surface area contributed by atoms with Crippen molar-refractivity contribution in [3.05, 3.63) is 18.7 Å². The number of rotatable bonds is 0. The zero-order chi connectivity index (χ0) is 6.10. The Kier molecular flexibility index (Phi) is 3.78. The summed E-state index contributed by atoms with van der Waals surface area (Å²) in [6.45, 7) is 0. The largest absolute Gasteiger partial charge is 0.275 e. The van der Waals surface area contributed by atoms with Crippen molar-refractivity contribution in [1.82, 2.24) is 20.2 Å². The third kappa shape index (κ3) is 1.78. The van der Waals surface area contributed by atoms with Gasteiger partial charge in [-0.1, -0.05) is 0 Å². The van der Waals surface area contributed by atoms with Crippen LogP contribution in [0.3, 0.4) is 0 Å². The highest BCUT2D eigenvalue weighted by Crippen LogP contribution is 2.00. The molecule has 0 amide bonds. The van der Waals surface area contributed by atoms with E-state index >= 15 is 0 Å². The molecule has 4 nitrogen and oxygen atoms in total. The minimum Gasteiger partial charge on any atom is -0.275 e. The molecule has 1 N–H and O–H groups in total. The van der Waals surface area contributed by atoms with Gasteiger partial charge in [-0.25, -0.2) is 9.97 Å². The molecule has 2 aromatic rings. The molecule has 0 saturated heterocycles. The number of H-pyrrole nitrogens is 1. The lowest BCUT2D eigenvalue weighted by Gasteiger charge is -1.80. The van der Waals surface area contributed by atoms with E-state index in [1.807, 2.05) is 0 Å². The summed E-state index contributed by atoms with van der Waals surface area (Å²) in [4.78, 5) is 7.74. The quantitative estimate of drug-likeness (QED) is 0.683. The van der Waals surface area contributed by atoms with Gasteiger partial charge in [-0.05, 0) is 0 Å². The van der Waals surface area contributed by atoms with Gasteiger partial charge in [0.15, 0.2) is 0 Å². The van der Waals surface area contributed by atoms with Crippen LogP contribution in [0.2, 0.25) is 0 Å². The predicted molar refractivity (Wildman–Crippen MR) is 46.2 cm³/mol. The van der Waals surface area contributed by atoms with Crippen LogP contribution in [0.25, 0.3) is 11.0 Å². The summed E-state index contributed by atoms with van der Waals surface area (Å²) in [5, 5.41) is 6.52.